The molecule has 2 rings (SSSR count). The Morgan fingerprint density at radius 1 is 1.33 bits per heavy atom. The molecule has 21 heavy (non-hydrogen) atoms. The zero-order chi connectivity index (χ0) is 15.5. The maximum absolute atomic E-state index is 12.9. The number of thiophene rings is 1. The van der Waals surface area contributed by atoms with Crippen molar-refractivity contribution in [2.75, 3.05) is 0 Å². The third-order valence-electron chi connectivity index (χ3n) is 2.39. The molecule has 1 heterocycles. The standard InChI is InChI=1S/C13H9BrFNO3S2/c14-12-7-10(15)1-2-11(12)13(17)16-21(18,19)6-4-9-3-5-20-8-9/h1-8H,(H,16,17). The van der Waals surface area contributed by atoms with Crippen molar-refractivity contribution in [3.8, 4) is 0 Å². The Morgan fingerprint density at radius 2 is 2.10 bits per heavy atom. The van der Waals surface area contributed by atoms with Crippen molar-refractivity contribution < 1.29 is 17.6 Å². The van der Waals surface area contributed by atoms with Crippen molar-refractivity contribution in [1.82, 2.24) is 4.72 Å². The Balaban J connectivity index is 2.14. The van der Waals surface area contributed by atoms with Gasteiger partial charge in [-0.1, -0.05) is 0 Å². The number of carbonyl (C=O) groups excluding carboxylic acids is 1. The second kappa shape index (κ2) is 6.50. The maximum atomic E-state index is 12.9. The minimum absolute atomic E-state index is 0.0314. The van der Waals surface area contributed by atoms with Crippen LogP contribution in [-0.2, 0) is 10.0 Å². The van der Waals surface area contributed by atoms with Gasteiger partial charge in [-0.15, -0.1) is 0 Å². The fraction of sp³-hybridized carbons (Fsp3) is 0. The molecule has 0 bridgehead atoms. The van der Waals surface area contributed by atoms with Gasteiger partial charge in [0.15, 0.2) is 0 Å². The lowest BCUT2D eigenvalue weighted by molar-refractivity contribution is 0.0981. The minimum Gasteiger partial charge on any atom is -0.268 e. The molecule has 0 aliphatic heterocycles. The van der Waals surface area contributed by atoms with Crippen LogP contribution in [0.15, 0.2) is 44.9 Å². The number of hydrogen-bond donors (Lipinski definition) is 1. The lowest BCUT2D eigenvalue weighted by atomic mass is 10.2. The van der Waals surface area contributed by atoms with E-state index in [2.05, 4.69) is 15.9 Å². The summed E-state index contributed by atoms with van der Waals surface area (Å²) >= 11 is 4.44. The number of rotatable bonds is 4. The number of benzene rings is 1. The Morgan fingerprint density at radius 3 is 2.71 bits per heavy atom. The van der Waals surface area contributed by atoms with E-state index in [1.165, 1.54) is 23.5 Å². The Kier molecular flexibility index (Phi) is 4.92. The molecule has 0 atom stereocenters. The van der Waals surface area contributed by atoms with Crippen molar-refractivity contribution in [3.63, 3.8) is 0 Å². The molecule has 8 heteroatoms. The molecular formula is C13H9BrFNO3S2. The van der Waals surface area contributed by atoms with Gasteiger partial charge in [-0.2, -0.15) is 11.3 Å². The van der Waals surface area contributed by atoms with Crippen LogP contribution in [0, 0.1) is 5.82 Å². The van der Waals surface area contributed by atoms with Gasteiger partial charge in [0, 0.05) is 4.47 Å². The van der Waals surface area contributed by atoms with Crippen LogP contribution < -0.4 is 4.72 Å². The first-order valence-electron chi connectivity index (χ1n) is 5.60. The smallest absolute Gasteiger partial charge is 0.266 e. The fourth-order valence-electron chi connectivity index (χ4n) is 1.43. The molecule has 2 aromatic rings. The third-order valence-corrected chi connectivity index (χ3v) is 4.72. The zero-order valence-electron chi connectivity index (χ0n) is 10.4. The van der Waals surface area contributed by atoms with E-state index < -0.39 is 21.7 Å². The molecule has 1 aromatic heterocycles. The zero-order valence-corrected chi connectivity index (χ0v) is 13.6. The summed E-state index contributed by atoms with van der Waals surface area (Å²) in [5, 5.41) is 4.48. The lowest BCUT2D eigenvalue weighted by Gasteiger charge is -2.05. The molecule has 0 aliphatic rings. The Hall–Kier alpha value is -1.51. The Bertz CT molecular complexity index is 786. The molecule has 1 aromatic carbocycles. The van der Waals surface area contributed by atoms with Gasteiger partial charge in [-0.25, -0.2) is 17.5 Å². The van der Waals surface area contributed by atoms with E-state index >= 15 is 0 Å². The molecule has 1 amide bonds. The molecular weight excluding hydrogens is 381 g/mol. The van der Waals surface area contributed by atoms with Gasteiger partial charge in [-0.3, -0.25) is 4.79 Å². The summed E-state index contributed by atoms with van der Waals surface area (Å²) in [6, 6.07) is 5.11. The minimum atomic E-state index is -3.92. The van der Waals surface area contributed by atoms with Crippen LogP contribution in [-0.4, -0.2) is 14.3 Å². The molecule has 0 fully saturated rings. The number of amides is 1. The summed E-state index contributed by atoms with van der Waals surface area (Å²) in [6.07, 6.45) is 1.38. The van der Waals surface area contributed by atoms with Crippen LogP contribution in [0.25, 0.3) is 6.08 Å². The van der Waals surface area contributed by atoms with Crippen LogP contribution in [0.3, 0.4) is 0 Å². The number of carbonyl (C=O) groups is 1. The van der Waals surface area contributed by atoms with E-state index in [0.29, 0.717) is 0 Å². The Labute approximate surface area is 133 Å². The average Bonchev–Trinajstić information content (AvgIpc) is 2.88. The predicted octanol–water partition coefficient (Wildman–Crippen LogP) is 3.38. The molecule has 0 saturated heterocycles. The maximum Gasteiger partial charge on any atom is 0.266 e. The summed E-state index contributed by atoms with van der Waals surface area (Å²) in [7, 11) is -3.92. The number of hydrogen-bond acceptors (Lipinski definition) is 4. The van der Waals surface area contributed by atoms with Gasteiger partial charge in [0.05, 0.1) is 11.0 Å². The van der Waals surface area contributed by atoms with Crippen molar-refractivity contribution >= 4 is 49.3 Å². The van der Waals surface area contributed by atoms with Crippen LogP contribution in [0.2, 0.25) is 0 Å². The first-order chi connectivity index (χ1) is 9.87. The van der Waals surface area contributed by atoms with E-state index in [9.17, 15) is 17.6 Å². The molecule has 0 aliphatic carbocycles. The van der Waals surface area contributed by atoms with Crippen LogP contribution >= 0.6 is 27.3 Å². The monoisotopic (exact) mass is 389 g/mol. The molecule has 0 unspecified atom stereocenters. The quantitative estimate of drug-likeness (QED) is 0.871. The SMILES string of the molecule is O=C(NS(=O)(=O)C=Cc1ccsc1)c1ccc(F)cc1Br. The highest BCUT2D eigenvalue weighted by atomic mass is 79.9. The topological polar surface area (TPSA) is 63.2 Å². The van der Waals surface area contributed by atoms with Gasteiger partial charge in [0.2, 0.25) is 0 Å². The molecule has 0 saturated carbocycles. The van der Waals surface area contributed by atoms with Gasteiger partial charge in [0.1, 0.15) is 5.82 Å². The van der Waals surface area contributed by atoms with Crippen molar-refractivity contribution in [2.45, 2.75) is 0 Å². The van der Waals surface area contributed by atoms with E-state index in [4.69, 9.17) is 0 Å². The summed E-state index contributed by atoms with van der Waals surface area (Å²) < 4.78 is 38.6. The van der Waals surface area contributed by atoms with E-state index in [0.717, 1.165) is 23.1 Å². The van der Waals surface area contributed by atoms with E-state index in [1.54, 1.807) is 16.8 Å². The average molecular weight is 390 g/mol. The number of sulfonamides is 1. The number of halogens is 2. The van der Waals surface area contributed by atoms with Crippen molar-refractivity contribution in [3.05, 3.63) is 61.9 Å². The van der Waals surface area contributed by atoms with E-state index in [-0.39, 0.29) is 10.0 Å². The number of nitrogens with one attached hydrogen (secondary N) is 1. The first-order valence-corrected chi connectivity index (χ1v) is 8.88. The molecule has 0 radical (unpaired) electrons. The summed E-state index contributed by atoms with van der Waals surface area (Å²) in [6.45, 7) is 0. The summed E-state index contributed by atoms with van der Waals surface area (Å²) in [5.41, 5.74) is 0.754. The lowest BCUT2D eigenvalue weighted by Crippen LogP contribution is -2.29. The van der Waals surface area contributed by atoms with Crippen molar-refractivity contribution in [1.29, 1.82) is 0 Å². The normalized spacial score (nSPS) is 11.7. The largest absolute Gasteiger partial charge is 0.268 e. The first kappa shape index (κ1) is 15.9. The van der Waals surface area contributed by atoms with E-state index in [1.807, 2.05) is 4.72 Å². The van der Waals surface area contributed by atoms with Gasteiger partial charge in [0.25, 0.3) is 15.9 Å². The van der Waals surface area contributed by atoms with Crippen LogP contribution in [0.1, 0.15) is 15.9 Å². The van der Waals surface area contributed by atoms with Gasteiger partial charge >= 0.3 is 0 Å². The third kappa shape index (κ3) is 4.48. The van der Waals surface area contributed by atoms with Crippen molar-refractivity contribution in [2.24, 2.45) is 0 Å². The highest BCUT2D eigenvalue weighted by Crippen LogP contribution is 2.18. The summed E-state index contributed by atoms with van der Waals surface area (Å²) in [5.74, 6) is -1.37. The fourth-order valence-corrected chi connectivity index (χ4v) is 3.36. The van der Waals surface area contributed by atoms with Crippen LogP contribution in [0.4, 0.5) is 4.39 Å². The molecule has 1 N–H and O–H groups in total. The van der Waals surface area contributed by atoms with Gasteiger partial charge in [-0.05, 0) is 62.6 Å². The van der Waals surface area contributed by atoms with Crippen LogP contribution in [0.5, 0.6) is 0 Å². The highest BCUT2D eigenvalue weighted by Gasteiger charge is 2.16. The van der Waals surface area contributed by atoms with Gasteiger partial charge < -0.3 is 0 Å². The molecule has 0 spiro atoms. The summed E-state index contributed by atoms with van der Waals surface area (Å²) in [4.78, 5) is 11.9. The second-order valence-electron chi connectivity index (χ2n) is 3.96. The predicted molar refractivity (Wildman–Crippen MR) is 83.8 cm³/mol. The molecule has 4 nitrogen and oxygen atoms in total. The highest BCUT2D eigenvalue weighted by molar-refractivity contribution is 9.10. The molecule has 110 valence electrons. The second-order valence-corrected chi connectivity index (χ2v) is 7.16.